The maximum absolute atomic E-state index is 12.8. The van der Waals surface area contributed by atoms with Crippen LogP contribution in [-0.2, 0) is 19.0 Å². The smallest absolute Gasteiger partial charge is 0.416 e. The zero-order valence-electron chi connectivity index (χ0n) is 11.6. The predicted molar refractivity (Wildman–Crippen MR) is 72.1 cm³/mol. The molecule has 0 spiro atoms. The van der Waals surface area contributed by atoms with Gasteiger partial charge >= 0.3 is 6.18 Å². The van der Waals surface area contributed by atoms with Gasteiger partial charge in [0, 0.05) is 16.9 Å². The molecule has 0 bridgehead atoms. The van der Waals surface area contributed by atoms with Crippen LogP contribution in [0.5, 0.6) is 0 Å². The van der Waals surface area contributed by atoms with Crippen LogP contribution in [0.1, 0.15) is 29.8 Å². The summed E-state index contributed by atoms with van der Waals surface area (Å²) in [6, 6.07) is 4.57. The Kier molecular flexibility index (Phi) is 3.42. The summed E-state index contributed by atoms with van der Waals surface area (Å²) in [6.07, 6.45) is -0.571. The first-order chi connectivity index (χ1) is 10.4. The summed E-state index contributed by atoms with van der Waals surface area (Å²) in [5.41, 5.74) is 0.331. The molecule has 2 aromatic rings. The molecule has 0 fully saturated rings. The first-order valence-electron chi connectivity index (χ1n) is 6.95. The van der Waals surface area contributed by atoms with Crippen LogP contribution >= 0.6 is 0 Å². The Morgan fingerprint density at radius 3 is 2.64 bits per heavy atom. The van der Waals surface area contributed by atoms with Gasteiger partial charge in [-0.3, -0.25) is 0 Å². The van der Waals surface area contributed by atoms with Crippen molar-refractivity contribution in [1.29, 1.82) is 0 Å². The summed E-state index contributed by atoms with van der Waals surface area (Å²) >= 11 is 0. The zero-order valence-corrected chi connectivity index (χ0v) is 11.6. The molecule has 1 N–H and O–H groups in total. The normalized spacial score (nSPS) is 14.7. The zero-order chi connectivity index (χ0) is 15.9. The highest BCUT2D eigenvalue weighted by Crippen LogP contribution is 2.32. The summed E-state index contributed by atoms with van der Waals surface area (Å²) in [7, 11) is 0. The van der Waals surface area contributed by atoms with E-state index in [9.17, 15) is 23.3 Å². The molecule has 1 heterocycles. The fourth-order valence-corrected chi connectivity index (χ4v) is 2.78. The van der Waals surface area contributed by atoms with Crippen molar-refractivity contribution in [3.8, 4) is 11.3 Å². The molecule has 0 aliphatic heterocycles. The Balaban J connectivity index is 2.17. The van der Waals surface area contributed by atoms with Gasteiger partial charge in [0.05, 0.1) is 9.99 Å². The summed E-state index contributed by atoms with van der Waals surface area (Å²) in [6.45, 7) is 0. The van der Waals surface area contributed by atoms with E-state index >= 15 is 0 Å². The van der Waals surface area contributed by atoms with Gasteiger partial charge in [-0.15, -0.1) is 0 Å². The summed E-state index contributed by atoms with van der Waals surface area (Å²) in [5.74, 6) is 0. The number of aromatic nitrogens is 2. The molecule has 1 aliphatic carbocycles. The third-order valence-corrected chi connectivity index (χ3v) is 3.89. The molecule has 4 nitrogen and oxygen atoms in total. The molecule has 116 valence electrons. The standard InChI is InChI=1S/C15H14F3N2O2/c16-15(17,18)11-5-3-4-10(8-11)14-9-19(21)12-6-1-2-7-13(12)20(14)22/h3-5,8-9,22H,1-2,6-7H2/q+1. The van der Waals surface area contributed by atoms with Crippen molar-refractivity contribution in [2.75, 3.05) is 0 Å². The van der Waals surface area contributed by atoms with Crippen LogP contribution in [0.15, 0.2) is 30.5 Å². The number of alkyl halides is 3. The second kappa shape index (κ2) is 5.15. The van der Waals surface area contributed by atoms with E-state index in [1.165, 1.54) is 12.1 Å². The highest BCUT2D eigenvalue weighted by molar-refractivity contribution is 5.59. The summed E-state index contributed by atoms with van der Waals surface area (Å²) < 4.78 is 39.9. The van der Waals surface area contributed by atoms with E-state index in [0.29, 0.717) is 28.7 Å². The molecule has 0 unspecified atom stereocenters. The number of benzene rings is 1. The monoisotopic (exact) mass is 311 g/mol. The van der Waals surface area contributed by atoms with Crippen LogP contribution in [0, 0.1) is 4.91 Å². The third-order valence-electron chi connectivity index (χ3n) is 3.89. The topological polar surface area (TPSA) is 48.1 Å². The van der Waals surface area contributed by atoms with Crippen LogP contribution < -0.4 is 4.43 Å². The molecule has 1 aromatic carbocycles. The lowest BCUT2D eigenvalue weighted by molar-refractivity contribution is -0.507. The lowest BCUT2D eigenvalue weighted by Crippen LogP contribution is -2.30. The van der Waals surface area contributed by atoms with Gasteiger partial charge in [0.25, 0.3) is 11.9 Å². The molecular formula is C15H14F3N2O2+. The Bertz CT molecular complexity index is 781. The molecule has 22 heavy (non-hydrogen) atoms. The SMILES string of the molecule is O=[n+]1cc(-c2cccc(C(F)(F)F)c2)n(O)c2c1CCCC2. The van der Waals surface area contributed by atoms with E-state index in [1.807, 2.05) is 0 Å². The molecule has 0 saturated carbocycles. The average Bonchev–Trinajstić information content (AvgIpc) is 2.50. The van der Waals surface area contributed by atoms with E-state index in [1.54, 1.807) is 0 Å². The predicted octanol–water partition coefficient (Wildman–Crippen LogP) is 3.20. The van der Waals surface area contributed by atoms with E-state index in [0.717, 1.165) is 35.9 Å². The van der Waals surface area contributed by atoms with Crippen LogP contribution in [-0.4, -0.2) is 9.94 Å². The van der Waals surface area contributed by atoms with Gasteiger partial charge in [-0.05, 0) is 31.4 Å². The van der Waals surface area contributed by atoms with Crippen molar-refractivity contribution in [3.63, 3.8) is 0 Å². The largest absolute Gasteiger partial charge is 0.428 e. The first-order valence-corrected chi connectivity index (χ1v) is 6.95. The third kappa shape index (κ3) is 2.47. The number of hydrogen-bond donors (Lipinski definition) is 1. The highest BCUT2D eigenvalue weighted by Gasteiger charge is 2.31. The highest BCUT2D eigenvalue weighted by atomic mass is 19.4. The van der Waals surface area contributed by atoms with Crippen molar-refractivity contribution in [2.24, 2.45) is 0 Å². The maximum Gasteiger partial charge on any atom is 0.416 e. The van der Waals surface area contributed by atoms with Crippen molar-refractivity contribution < 1.29 is 22.8 Å². The fraction of sp³-hybridized carbons (Fsp3) is 0.333. The van der Waals surface area contributed by atoms with E-state index in [-0.39, 0.29) is 11.3 Å². The summed E-state index contributed by atoms with van der Waals surface area (Å²) in [5, 5.41) is 10.3. The minimum atomic E-state index is -4.47. The van der Waals surface area contributed by atoms with Gasteiger partial charge in [-0.2, -0.15) is 17.9 Å². The average molecular weight is 311 g/mol. The molecule has 1 aliphatic rings. The Morgan fingerprint density at radius 2 is 1.91 bits per heavy atom. The van der Waals surface area contributed by atoms with E-state index in [2.05, 4.69) is 0 Å². The molecule has 0 amide bonds. The van der Waals surface area contributed by atoms with Crippen molar-refractivity contribution in [1.82, 2.24) is 4.73 Å². The second-order valence-electron chi connectivity index (χ2n) is 5.33. The van der Waals surface area contributed by atoms with Crippen LogP contribution in [0.4, 0.5) is 13.2 Å². The Labute approximate surface area is 124 Å². The molecular weight excluding hydrogens is 297 g/mol. The fourth-order valence-electron chi connectivity index (χ4n) is 2.78. The Hall–Kier alpha value is -2.31. The van der Waals surface area contributed by atoms with Crippen molar-refractivity contribution in [2.45, 2.75) is 31.9 Å². The van der Waals surface area contributed by atoms with Crippen LogP contribution in [0.3, 0.4) is 0 Å². The number of hydrogen-bond acceptors (Lipinski definition) is 2. The Morgan fingerprint density at radius 1 is 1.18 bits per heavy atom. The maximum atomic E-state index is 12.8. The van der Waals surface area contributed by atoms with Gasteiger partial charge in [-0.25, -0.2) is 0 Å². The minimum Gasteiger partial charge on any atom is -0.428 e. The lowest BCUT2D eigenvalue weighted by atomic mass is 9.99. The van der Waals surface area contributed by atoms with Gasteiger partial charge in [-0.1, -0.05) is 12.1 Å². The molecule has 0 radical (unpaired) electrons. The van der Waals surface area contributed by atoms with Crippen LogP contribution in [0.2, 0.25) is 0 Å². The number of rotatable bonds is 1. The number of halogens is 3. The van der Waals surface area contributed by atoms with Gasteiger partial charge < -0.3 is 5.21 Å². The molecule has 3 rings (SSSR count). The van der Waals surface area contributed by atoms with Crippen molar-refractivity contribution in [3.05, 3.63) is 52.3 Å². The number of nitrogens with zero attached hydrogens (tertiary/aromatic N) is 2. The first kappa shape index (κ1) is 14.6. The minimum absolute atomic E-state index is 0.0572. The van der Waals surface area contributed by atoms with E-state index < -0.39 is 11.7 Å². The molecule has 0 atom stereocenters. The van der Waals surface area contributed by atoms with Crippen LogP contribution in [0.25, 0.3) is 11.3 Å². The van der Waals surface area contributed by atoms with Gasteiger partial charge in [0.15, 0.2) is 5.69 Å². The molecule has 1 aromatic heterocycles. The summed E-state index contributed by atoms with van der Waals surface area (Å²) in [4.78, 5) is 12.1. The quantitative estimate of drug-likeness (QED) is 0.649. The van der Waals surface area contributed by atoms with E-state index in [4.69, 9.17) is 0 Å². The lowest BCUT2D eigenvalue weighted by Gasteiger charge is -2.15. The number of fused-ring (bicyclic) bond motifs is 1. The molecule has 0 saturated heterocycles. The van der Waals surface area contributed by atoms with Gasteiger partial charge in [0.2, 0.25) is 0 Å². The van der Waals surface area contributed by atoms with Gasteiger partial charge in [0.1, 0.15) is 5.69 Å². The van der Waals surface area contributed by atoms with Crippen molar-refractivity contribution >= 4 is 0 Å². The second-order valence-corrected chi connectivity index (χ2v) is 5.33. The molecule has 7 heteroatoms.